The van der Waals surface area contributed by atoms with E-state index < -0.39 is 5.60 Å². The molecule has 1 aliphatic rings. The average molecular weight is 550 g/mol. The highest BCUT2D eigenvalue weighted by atomic mass is 35.5. The largest absolute Gasteiger partial charge is 0.489 e. The van der Waals surface area contributed by atoms with E-state index >= 15 is 0 Å². The van der Waals surface area contributed by atoms with E-state index in [1.54, 1.807) is 26.3 Å². The van der Waals surface area contributed by atoms with Gasteiger partial charge in [0.1, 0.15) is 29.3 Å². The van der Waals surface area contributed by atoms with Crippen molar-refractivity contribution in [3.8, 4) is 11.4 Å². The quantitative estimate of drug-likeness (QED) is 0.349. The highest BCUT2D eigenvalue weighted by Crippen LogP contribution is 2.29. The van der Waals surface area contributed by atoms with Crippen LogP contribution in [0, 0.1) is 0 Å². The Morgan fingerprint density at radius 2 is 1.82 bits per heavy atom. The zero-order chi connectivity index (χ0) is 27.7. The van der Waals surface area contributed by atoms with Gasteiger partial charge in [0.15, 0.2) is 0 Å². The predicted molar refractivity (Wildman–Crippen MR) is 152 cm³/mol. The number of nitrogens with two attached hydrogens (primary N) is 1. The third-order valence-electron chi connectivity index (χ3n) is 6.64. The monoisotopic (exact) mass is 549 g/mol. The smallest absolute Gasteiger partial charge is 0.410 e. The van der Waals surface area contributed by atoms with E-state index in [0.29, 0.717) is 47.2 Å². The van der Waals surface area contributed by atoms with Crippen LogP contribution in [0.1, 0.15) is 45.2 Å². The van der Waals surface area contributed by atoms with Gasteiger partial charge in [0.25, 0.3) is 0 Å². The SMILES string of the molecule is CC(C)(C)OC(=O)N1CCC[C@@H](n2c(=O)n(-c3ccc(OCc4ccc(Cl)cc4)cc3)c3c(N)nccc32)C1. The molecular formula is C29H32ClN5O4. The number of likely N-dealkylation sites (tertiary alicyclic amines) is 1. The molecule has 39 heavy (non-hydrogen) atoms. The maximum absolute atomic E-state index is 13.9. The van der Waals surface area contributed by atoms with Gasteiger partial charge in [0.2, 0.25) is 0 Å². The number of carbonyl (C=O) groups excluding carboxylic acids is 1. The molecule has 4 aromatic rings. The number of ether oxygens (including phenoxy) is 2. The van der Waals surface area contributed by atoms with Crippen LogP contribution < -0.4 is 16.2 Å². The molecule has 0 saturated carbocycles. The van der Waals surface area contributed by atoms with Crippen LogP contribution in [0.2, 0.25) is 5.02 Å². The second kappa shape index (κ2) is 10.6. The summed E-state index contributed by atoms with van der Waals surface area (Å²) in [6.07, 6.45) is 2.72. The van der Waals surface area contributed by atoms with E-state index in [2.05, 4.69) is 4.98 Å². The summed E-state index contributed by atoms with van der Waals surface area (Å²) in [6.45, 7) is 6.87. The lowest BCUT2D eigenvalue weighted by atomic mass is 10.1. The summed E-state index contributed by atoms with van der Waals surface area (Å²) in [5.41, 5.74) is 8.31. The lowest BCUT2D eigenvalue weighted by molar-refractivity contribution is 0.0173. The summed E-state index contributed by atoms with van der Waals surface area (Å²) in [5, 5.41) is 0.673. The Labute approximate surface area is 231 Å². The number of piperidine rings is 1. The van der Waals surface area contributed by atoms with E-state index in [1.807, 2.05) is 69.3 Å². The molecule has 0 aliphatic carbocycles. The highest BCUT2D eigenvalue weighted by molar-refractivity contribution is 6.30. The molecule has 2 aromatic carbocycles. The van der Waals surface area contributed by atoms with Crippen molar-refractivity contribution in [2.45, 2.75) is 51.9 Å². The van der Waals surface area contributed by atoms with Gasteiger partial charge >= 0.3 is 11.8 Å². The summed E-state index contributed by atoms with van der Waals surface area (Å²) >= 11 is 5.96. The molecule has 2 aromatic heterocycles. The number of pyridine rings is 1. The van der Waals surface area contributed by atoms with Gasteiger partial charge in [-0.25, -0.2) is 14.6 Å². The molecule has 0 unspecified atom stereocenters. The molecule has 9 nitrogen and oxygen atoms in total. The lowest BCUT2D eigenvalue weighted by Gasteiger charge is -2.34. The van der Waals surface area contributed by atoms with Crippen molar-refractivity contribution in [2.75, 3.05) is 18.8 Å². The second-order valence-corrected chi connectivity index (χ2v) is 11.1. The number of imidazole rings is 1. The second-order valence-electron chi connectivity index (χ2n) is 10.7. The van der Waals surface area contributed by atoms with E-state index in [0.717, 1.165) is 18.4 Å². The van der Waals surface area contributed by atoms with Gasteiger partial charge < -0.3 is 20.1 Å². The van der Waals surface area contributed by atoms with Gasteiger partial charge in [0.05, 0.1) is 17.2 Å². The molecule has 5 rings (SSSR count). The van der Waals surface area contributed by atoms with Crippen molar-refractivity contribution in [3.63, 3.8) is 0 Å². The first-order valence-electron chi connectivity index (χ1n) is 12.9. The lowest BCUT2D eigenvalue weighted by Crippen LogP contribution is -2.45. The number of amides is 1. The number of rotatable bonds is 5. The number of nitrogens with zero attached hydrogens (tertiary/aromatic N) is 4. The van der Waals surface area contributed by atoms with E-state index in [1.165, 1.54) is 0 Å². The van der Waals surface area contributed by atoms with Crippen LogP contribution in [0.25, 0.3) is 16.7 Å². The number of anilines is 1. The molecule has 1 fully saturated rings. The van der Waals surface area contributed by atoms with Crippen molar-refractivity contribution < 1.29 is 14.3 Å². The molecule has 1 aliphatic heterocycles. The summed E-state index contributed by atoms with van der Waals surface area (Å²) in [7, 11) is 0. The zero-order valence-electron chi connectivity index (χ0n) is 22.3. The third kappa shape index (κ3) is 5.73. The molecule has 0 bridgehead atoms. The van der Waals surface area contributed by atoms with Crippen molar-refractivity contribution in [2.24, 2.45) is 0 Å². The van der Waals surface area contributed by atoms with Crippen molar-refractivity contribution in [1.29, 1.82) is 0 Å². The molecule has 0 radical (unpaired) electrons. The maximum Gasteiger partial charge on any atom is 0.410 e. The van der Waals surface area contributed by atoms with Gasteiger partial charge in [0, 0.05) is 24.3 Å². The minimum absolute atomic E-state index is 0.230. The molecule has 1 amide bonds. The zero-order valence-corrected chi connectivity index (χ0v) is 23.0. The molecular weight excluding hydrogens is 518 g/mol. The molecule has 204 valence electrons. The van der Waals surface area contributed by atoms with Crippen LogP contribution in [0.15, 0.2) is 65.6 Å². The number of halogens is 1. The van der Waals surface area contributed by atoms with Crippen molar-refractivity contribution >= 4 is 34.5 Å². The Morgan fingerprint density at radius 1 is 1.10 bits per heavy atom. The molecule has 1 atom stereocenters. The molecule has 2 N–H and O–H groups in total. The Balaban J connectivity index is 1.44. The Bertz CT molecular complexity index is 1540. The Morgan fingerprint density at radius 3 is 2.51 bits per heavy atom. The standard InChI is InChI=1S/C29H32ClN5O4/c1-29(2,3)39-28(37)33-16-4-5-22(17-33)34-24-14-15-32-26(31)25(24)35(27(34)36)21-10-12-23(13-11-21)38-18-19-6-8-20(30)9-7-19/h6-15,22H,4-5,16-18H2,1-3H3,(H2,31,32)/t22-/m1/s1. The third-order valence-corrected chi connectivity index (χ3v) is 6.89. The minimum Gasteiger partial charge on any atom is -0.489 e. The fraction of sp³-hybridized carbons (Fsp3) is 0.345. The number of hydrogen-bond acceptors (Lipinski definition) is 6. The van der Waals surface area contributed by atoms with Gasteiger partial charge in [-0.3, -0.25) is 9.13 Å². The first kappa shape index (κ1) is 26.6. The van der Waals surface area contributed by atoms with Gasteiger partial charge in [-0.1, -0.05) is 23.7 Å². The average Bonchev–Trinajstić information content (AvgIpc) is 3.20. The van der Waals surface area contributed by atoms with Crippen LogP contribution in [-0.2, 0) is 11.3 Å². The van der Waals surface area contributed by atoms with E-state index in [4.69, 9.17) is 26.8 Å². The van der Waals surface area contributed by atoms with E-state index in [-0.39, 0.29) is 23.6 Å². The van der Waals surface area contributed by atoms with Crippen LogP contribution in [-0.4, -0.2) is 43.8 Å². The fourth-order valence-electron chi connectivity index (χ4n) is 4.88. The number of hydrogen-bond donors (Lipinski definition) is 1. The summed E-state index contributed by atoms with van der Waals surface area (Å²) in [5.74, 6) is 0.920. The number of aromatic nitrogens is 3. The van der Waals surface area contributed by atoms with Crippen LogP contribution in [0.5, 0.6) is 5.75 Å². The summed E-state index contributed by atoms with van der Waals surface area (Å²) < 4.78 is 14.8. The normalized spacial score (nSPS) is 15.9. The van der Waals surface area contributed by atoms with Crippen LogP contribution >= 0.6 is 11.6 Å². The van der Waals surface area contributed by atoms with Crippen molar-refractivity contribution in [3.05, 3.63) is 81.9 Å². The Kier molecular flexibility index (Phi) is 7.27. The fourth-order valence-corrected chi connectivity index (χ4v) is 5.00. The number of nitrogen functional groups attached to an aromatic ring is 1. The number of fused-ring (bicyclic) bond motifs is 1. The summed E-state index contributed by atoms with van der Waals surface area (Å²) in [6, 6.07) is 16.3. The highest BCUT2D eigenvalue weighted by Gasteiger charge is 2.31. The van der Waals surface area contributed by atoms with Gasteiger partial charge in [-0.2, -0.15) is 0 Å². The first-order chi connectivity index (χ1) is 18.6. The van der Waals surface area contributed by atoms with Crippen molar-refractivity contribution in [1.82, 2.24) is 19.0 Å². The molecule has 3 heterocycles. The maximum atomic E-state index is 13.9. The van der Waals surface area contributed by atoms with E-state index in [9.17, 15) is 9.59 Å². The van der Waals surface area contributed by atoms with Gasteiger partial charge in [-0.05, 0) is 81.6 Å². The number of benzene rings is 2. The van der Waals surface area contributed by atoms with Gasteiger partial charge in [-0.15, -0.1) is 0 Å². The summed E-state index contributed by atoms with van der Waals surface area (Å²) in [4.78, 5) is 32.6. The minimum atomic E-state index is -0.596. The first-order valence-corrected chi connectivity index (χ1v) is 13.3. The topological polar surface area (TPSA) is 105 Å². The number of carbonyl (C=O) groups is 1. The van der Waals surface area contributed by atoms with Crippen LogP contribution in [0.3, 0.4) is 0 Å². The molecule has 10 heteroatoms. The Hall–Kier alpha value is -3.98. The predicted octanol–water partition coefficient (Wildman–Crippen LogP) is 5.57. The van der Waals surface area contributed by atoms with Crippen LogP contribution in [0.4, 0.5) is 10.6 Å². The molecule has 0 spiro atoms. The molecule has 1 saturated heterocycles.